The Labute approximate surface area is 149 Å². The number of rotatable bonds is 5. The molecule has 3 rings (SSSR count). The summed E-state index contributed by atoms with van der Waals surface area (Å²) in [5, 5.41) is 9.46. The lowest BCUT2D eigenvalue weighted by atomic mass is 9.78. The van der Waals surface area contributed by atoms with E-state index in [4.69, 9.17) is 4.74 Å². The molecule has 5 nitrogen and oxygen atoms in total. The molecule has 24 heavy (non-hydrogen) atoms. The van der Waals surface area contributed by atoms with Crippen LogP contribution in [0.2, 0.25) is 0 Å². The molecule has 0 spiro atoms. The van der Waals surface area contributed by atoms with E-state index in [1.54, 1.807) is 22.7 Å². The van der Waals surface area contributed by atoms with Gasteiger partial charge >= 0.3 is 11.8 Å². The number of amides is 2. The number of thiophene rings is 2. The Morgan fingerprint density at radius 3 is 2.42 bits per heavy atom. The Bertz CT molecular complexity index is 662. The third kappa shape index (κ3) is 4.03. The number of ether oxygens (including phenoxy) is 1. The molecule has 7 heteroatoms. The van der Waals surface area contributed by atoms with E-state index in [1.165, 1.54) is 4.88 Å². The largest absolute Gasteiger partial charge is 0.381 e. The van der Waals surface area contributed by atoms with Gasteiger partial charge in [-0.05, 0) is 35.7 Å². The van der Waals surface area contributed by atoms with Gasteiger partial charge < -0.3 is 15.4 Å². The molecule has 2 amide bonds. The third-order valence-corrected chi connectivity index (χ3v) is 6.28. The Kier molecular flexibility index (Phi) is 5.65. The van der Waals surface area contributed by atoms with Crippen molar-refractivity contribution in [3.63, 3.8) is 0 Å². The predicted molar refractivity (Wildman–Crippen MR) is 95.2 cm³/mol. The van der Waals surface area contributed by atoms with E-state index in [2.05, 4.69) is 16.7 Å². The van der Waals surface area contributed by atoms with Crippen LogP contribution in [0.1, 0.15) is 22.6 Å². The van der Waals surface area contributed by atoms with Crippen LogP contribution in [0.25, 0.3) is 0 Å². The first-order chi connectivity index (χ1) is 11.7. The summed E-state index contributed by atoms with van der Waals surface area (Å²) < 4.78 is 5.47. The van der Waals surface area contributed by atoms with Gasteiger partial charge in [0.15, 0.2) is 0 Å². The molecular formula is C17H20N2O3S2. The first kappa shape index (κ1) is 17.1. The van der Waals surface area contributed by atoms with Crippen molar-refractivity contribution >= 4 is 34.5 Å². The Morgan fingerprint density at radius 1 is 1.04 bits per heavy atom. The first-order valence-electron chi connectivity index (χ1n) is 7.90. The molecule has 1 aliphatic heterocycles. The summed E-state index contributed by atoms with van der Waals surface area (Å²) in [5.74, 6) is -1.16. The highest BCUT2D eigenvalue weighted by molar-refractivity contribution is 7.10. The van der Waals surface area contributed by atoms with Crippen molar-refractivity contribution in [2.45, 2.75) is 24.8 Å². The average molecular weight is 364 g/mol. The van der Waals surface area contributed by atoms with Crippen molar-refractivity contribution in [3.05, 3.63) is 44.8 Å². The van der Waals surface area contributed by atoms with Gasteiger partial charge in [-0.15, -0.1) is 22.7 Å². The second-order valence-electron chi connectivity index (χ2n) is 5.81. The van der Waals surface area contributed by atoms with Crippen molar-refractivity contribution in [2.24, 2.45) is 0 Å². The van der Waals surface area contributed by atoms with Crippen LogP contribution >= 0.6 is 22.7 Å². The molecule has 0 atom stereocenters. The fourth-order valence-electron chi connectivity index (χ4n) is 2.84. The molecule has 0 radical (unpaired) electrons. The summed E-state index contributed by atoms with van der Waals surface area (Å²) in [6.45, 7) is 2.20. The van der Waals surface area contributed by atoms with Gasteiger partial charge in [-0.2, -0.15) is 0 Å². The predicted octanol–water partition coefficient (Wildman–Crippen LogP) is 2.29. The summed E-state index contributed by atoms with van der Waals surface area (Å²) in [6, 6.07) is 7.96. The number of nitrogens with one attached hydrogen (secondary N) is 2. The van der Waals surface area contributed by atoms with Gasteiger partial charge in [0.2, 0.25) is 0 Å². The molecular weight excluding hydrogens is 344 g/mol. The lowest BCUT2D eigenvalue weighted by molar-refractivity contribution is -0.139. The first-order valence-corrected chi connectivity index (χ1v) is 9.66. The normalized spacial score (nSPS) is 16.5. The van der Waals surface area contributed by atoms with Crippen LogP contribution in [-0.2, 0) is 26.3 Å². The molecule has 0 saturated carbocycles. The fraction of sp³-hybridized carbons (Fsp3) is 0.412. The van der Waals surface area contributed by atoms with Gasteiger partial charge in [0, 0.05) is 34.9 Å². The van der Waals surface area contributed by atoms with Crippen LogP contribution in [0, 0.1) is 0 Å². The number of carbonyl (C=O) groups is 2. The van der Waals surface area contributed by atoms with Crippen LogP contribution < -0.4 is 10.6 Å². The van der Waals surface area contributed by atoms with E-state index in [9.17, 15) is 9.59 Å². The molecule has 0 aliphatic carbocycles. The molecule has 1 saturated heterocycles. The van der Waals surface area contributed by atoms with Gasteiger partial charge in [-0.25, -0.2) is 0 Å². The monoisotopic (exact) mass is 364 g/mol. The molecule has 2 aromatic rings. The van der Waals surface area contributed by atoms with Gasteiger partial charge in [0.1, 0.15) is 0 Å². The van der Waals surface area contributed by atoms with Gasteiger partial charge in [0.25, 0.3) is 0 Å². The standard InChI is InChI=1S/C17H20N2O3S2/c20-15(18-11-13-3-1-9-23-13)16(21)19-12-17(5-7-22-8-6-17)14-4-2-10-24-14/h1-4,9-10H,5-8,11-12H2,(H,18,20)(H,19,21). The molecule has 0 unspecified atom stereocenters. The van der Waals surface area contributed by atoms with Gasteiger partial charge in [-0.3, -0.25) is 9.59 Å². The molecule has 0 bridgehead atoms. The maximum absolute atomic E-state index is 12.1. The van der Waals surface area contributed by atoms with Crippen LogP contribution in [0.4, 0.5) is 0 Å². The summed E-state index contributed by atoms with van der Waals surface area (Å²) in [5.41, 5.74) is -0.129. The smallest absolute Gasteiger partial charge is 0.309 e. The summed E-state index contributed by atoms with van der Waals surface area (Å²) in [7, 11) is 0. The number of hydrogen-bond donors (Lipinski definition) is 2. The topological polar surface area (TPSA) is 67.4 Å². The van der Waals surface area contributed by atoms with Crippen molar-refractivity contribution in [1.29, 1.82) is 0 Å². The van der Waals surface area contributed by atoms with Crippen LogP contribution in [-0.4, -0.2) is 31.6 Å². The number of carbonyl (C=O) groups excluding carboxylic acids is 2. The maximum atomic E-state index is 12.1. The highest BCUT2D eigenvalue weighted by Gasteiger charge is 2.36. The molecule has 3 heterocycles. The van der Waals surface area contributed by atoms with Crippen molar-refractivity contribution in [3.8, 4) is 0 Å². The van der Waals surface area contributed by atoms with E-state index in [0.29, 0.717) is 26.3 Å². The lowest BCUT2D eigenvalue weighted by Gasteiger charge is -2.36. The minimum absolute atomic E-state index is 0.129. The van der Waals surface area contributed by atoms with Crippen LogP contribution in [0.5, 0.6) is 0 Å². The lowest BCUT2D eigenvalue weighted by Crippen LogP contribution is -2.48. The molecule has 1 aliphatic rings. The molecule has 2 aromatic heterocycles. The van der Waals surface area contributed by atoms with E-state index >= 15 is 0 Å². The van der Waals surface area contributed by atoms with E-state index in [1.807, 2.05) is 29.0 Å². The summed E-state index contributed by atoms with van der Waals surface area (Å²) in [4.78, 5) is 26.3. The molecule has 0 aromatic carbocycles. The van der Waals surface area contributed by atoms with Crippen molar-refractivity contribution in [2.75, 3.05) is 19.8 Å². The Hall–Kier alpha value is -1.70. The molecule has 128 valence electrons. The Morgan fingerprint density at radius 2 is 1.75 bits per heavy atom. The highest BCUT2D eigenvalue weighted by Crippen LogP contribution is 2.36. The highest BCUT2D eigenvalue weighted by atomic mass is 32.1. The fourth-order valence-corrected chi connectivity index (χ4v) is 4.48. The zero-order valence-corrected chi connectivity index (χ0v) is 14.9. The van der Waals surface area contributed by atoms with E-state index in [0.717, 1.165) is 17.7 Å². The molecule has 1 fully saturated rings. The Balaban J connectivity index is 1.56. The molecule has 2 N–H and O–H groups in total. The SMILES string of the molecule is O=C(NCc1cccs1)C(=O)NCC1(c2cccs2)CCOCC1. The van der Waals surface area contributed by atoms with E-state index < -0.39 is 11.8 Å². The van der Waals surface area contributed by atoms with Crippen molar-refractivity contribution < 1.29 is 14.3 Å². The quantitative estimate of drug-likeness (QED) is 0.800. The zero-order valence-electron chi connectivity index (χ0n) is 13.2. The summed E-state index contributed by atoms with van der Waals surface area (Å²) in [6.07, 6.45) is 1.70. The van der Waals surface area contributed by atoms with E-state index in [-0.39, 0.29) is 5.41 Å². The average Bonchev–Trinajstić information content (AvgIpc) is 3.32. The third-order valence-electron chi connectivity index (χ3n) is 4.29. The number of hydrogen-bond acceptors (Lipinski definition) is 5. The minimum Gasteiger partial charge on any atom is -0.381 e. The summed E-state index contributed by atoms with van der Waals surface area (Å²) >= 11 is 3.24. The van der Waals surface area contributed by atoms with Gasteiger partial charge in [0.05, 0.1) is 6.54 Å². The van der Waals surface area contributed by atoms with Crippen LogP contribution in [0.3, 0.4) is 0 Å². The zero-order chi connectivity index (χ0) is 16.8. The van der Waals surface area contributed by atoms with Crippen molar-refractivity contribution in [1.82, 2.24) is 10.6 Å². The maximum Gasteiger partial charge on any atom is 0.309 e. The van der Waals surface area contributed by atoms with Gasteiger partial charge in [-0.1, -0.05) is 12.1 Å². The second-order valence-corrected chi connectivity index (χ2v) is 7.79. The second kappa shape index (κ2) is 7.92. The minimum atomic E-state index is -0.586. The van der Waals surface area contributed by atoms with Crippen LogP contribution in [0.15, 0.2) is 35.0 Å².